The molecule has 4 heteroatoms. The van der Waals surface area contributed by atoms with Gasteiger partial charge in [-0.1, -0.05) is 6.92 Å². The first kappa shape index (κ1) is 8.72. The molecule has 0 amide bonds. The van der Waals surface area contributed by atoms with Crippen LogP contribution in [-0.2, 0) is 0 Å². The second kappa shape index (κ2) is 3.03. The molecule has 0 bridgehead atoms. The van der Waals surface area contributed by atoms with Crippen molar-refractivity contribution in [2.24, 2.45) is 5.92 Å². The standard InChI is InChI=1S/C5H7F4/c1-2-4(3-6)5(7,8)9/h4H,1-3H2. The van der Waals surface area contributed by atoms with Gasteiger partial charge in [0.2, 0.25) is 0 Å². The monoisotopic (exact) mass is 143 g/mol. The summed E-state index contributed by atoms with van der Waals surface area (Å²) in [7, 11) is 0. The van der Waals surface area contributed by atoms with E-state index in [2.05, 4.69) is 6.92 Å². The van der Waals surface area contributed by atoms with Crippen molar-refractivity contribution in [3.8, 4) is 0 Å². The van der Waals surface area contributed by atoms with Crippen LogP contribution in [-0.4, -0.2) is 12.9 Å². The van der Waals surface area contributed by atoms with Gasteiger partial charge in [0.05, 0.1) is 5.92 Å². The predicted molar refractivity (Wildman–Crippen MR) is 25.5 cm³/mol. The number of hydrogen-bond acceptors (Lipinski definition) is 0. The third kappa shape index (κ3) is 2.67. The predicted octanol–water partition coefficient (Wildman–Crippen LogP) is 2.36. The molecular formula is C5H7F4. The van der Waals surface area contributed by atoms with Crippen LogP contribution in [0.25, 0.3) is 0 Å². The highest BCUT2D eigenvalue weighted by atomic mass is 19.4. The van der Waals surface area contributed by atoms with Crippen LogP contribution in [0.2, 0.25) is 0 Å². The maximum atomic E-state index is 11.4. The molecule has 1 radical (unpaired) electrons. The van der Waals surface area contributed by atoms with E-state index in [1.165, 1.54) is 0 Å². The van der Waals surface area contributed by atoms with Crippen LogP contribution in [0, 0.1) is 12.8 Å². The lowest BCUT2D eigenvalue weighted by molar-refractivity contribution is -0.177. The first-order chi connectivity index (χ1) is 4.02. The molecule has 0 saturated heterocycles. The third-order valence-corrected chi connectivity index (χ3v) is 0.998. The van der Waals surface area contributed by atoms with Crippen molar-refractivity contribution < 1.29 is 17.6 Å². The Bertz CT molecular complexity index is 71.5. The molecule has 0 saturated carbocycles. The maximum absolute atomic E-state index is 11.4. The zero-order chi connectivity index (χ0) is 7.49. The van der Waals surface area contributed by atoms with Gasteiger partial charge in [-0.25, -0.2) is 0 Å². The topological polar surface area (TPSA) is 0 Å². The first-order valence-corrected chi connectivity index (χ1v) is 2.44. The fourth-order valence-corrected chi connectivity index (χ4v) is 0.328. The number of rotatable bonds is 2. The molecule has 0 aromatic carbocycles. The van der Waals surface area contributed by atoms with Crippen LogP contribution in [0.3, 0.4) is 0 Å². The zero-order valence-electron chi connectivity index (χ0n) is 4.71. The van der Waals surface area contributed by atoms with Gasteiger partial charge in [0.15, 0.2) is 0 Å². The van der Waals surface area contributed by atoms with Crippen LogP contribution >= 0.6 is 0 Å². The Morgan fingerprint density at radius 3 is 1.78 bits per heavy atom. The molecule has 0 aliphatic carbocycles. The highest BCUT2D eigenvalue weighted by molar-refractivity contribution is 4.66. The summed E-state index contributed by atoms with van der Waals surface area (Å²) >= 11 is 0. The van der Waals surface area contributed by atoms with E-state index in [1.807, 2.05) is 0 Å². The molecule has 0 spiro atoms. The van der Waals surface area contributed by atoms with Gasteiger partial charge in [-0.05, 0) is 6.42 Å². The third-order valence-electron chi connectivity index (χ3n) is 0.998. The minimum absolute atomic E-state index is 0.431. The molecule has 1 unspecified atom stereocenters. The Hall–Kier alpha value is -0.280. The molecule has 55 valence electrons. The number of hydrogen-bond donors (Lipinski definition) is 0. The van der Waals surface area contributed by atoms with Gasteiger partial charge in [-0.15, -0.1) is 0 Å². The Morgan fingerprint density at radius 1 is 1.33 bits per heavy atom. The molecule has 0 aliphatic heterocycles. The van der Waals surface area contributed by atoms with Crippen molar-refractivity contribution in [2.45, 2.75) is 12.6 Å². The summed E-state index contributed by atoms with van der Waals surface area (Å²) in [6.45, 7) is 1.60. The van der Waals surface area contributed by atoms with Crippen LogP contribution in [0.5, 0.6) is 0 Å². The molecule has 1 atom stereocenters. The molecule has 9 heavy (non-hydrogen) atoms. The van der Waals surface area contributed by atoms with E-state index in [4.69, 9.17) is 0 Å². The molecule has 0 heterocycles. The van der Waals surface area contributed by atoms with E-state index in [-0.39, 0.29) is 0 Å². The molecule has 0 aliphatic rings. The molecule has 0 aromatic heterocycles. The Morgan fingerprint density at radius 2 is 1.78 bits per heavy atom. The van der Waals surface area contributed by atoms with Crippen LogP contribution in [0.15, 0.2) is 0 Å². The molecule has 0 N–H and O–H groups in total. The first-order valence-electron chi connectivity index (χ1n) is 2.44. The fourth-order valence-electron chi connectivity index (χ4n) is 0.328. The zero-order valence-corrected chi connectivity index (χ0v) is 4.71. The van der Waals surface area contributed by atoms with Crippen LogP contribution in [0.4, 0.5) is 17.6 Å². The van der Waals surface area contributed by atoms with Gasteiger partial charge in [0.1, 0.15) is 6.67 Å². The maximum Gasteiger partial charge on any atom is 0.394 e. The average Bonchev–Trinajstić information content (AvgIpc) is 1.65. The fraction of sp³-hybridized carbons (Fsp3) is 0.800. The number of halogens is 4. The van der Waals surface area contributed by atoms with Crippen molar-refractivity contribution in [3.05, 3.63) is 6.92 Å². The summed E-state index contributed by atoms with van der Waals surface area (Å²) in [5, 5.41) is 0. The summed E-state index contributed by atoms with van der Waals surface area (Å²) in [5.41, 5.74) is 0. The lowest BCUT2D eigenvalue weighted by Gasteiger charge is -2.13. The summed E-state index contributed by atoms with van der Waals surface area (Å²) in [4.78, 5) is 0. The minimum Gasteiger partial charge on any atom is -0.250 e. The minimum atomic E-state index is -4.42. The normalized spacial score (nSPS) is 15.7. The average molecular weight is 143 g/mol. The van der Waals surface area contributed by atoms with E-state index in [1.54, 1.807) is 0 Å². The lowest BCUT2D eigenvalue weighted by atomic mass is 10.1. The Kier molecular flexibility index (Phi) is 2.94. The smallest absolute Gasteiger partial charge is 0.250 e. The highest BCUT2D eigenvalue weighted by Crippen LogP contribution is 2.28. The summed E-state index contributed by atoms with van der Waals surface area (Å²) in [5.74, 6) is -1.88. The highest BCUT2D eigenvalue weighted by Gasteiger charge is 2.37. The summed E-state index contributed by atoms with van der Waals surface area (Å²) < 4.78 is 45.7. The van der Waals surface area contributed by atoms with Crippen molar-refractivity contribution in [2.75, 3.05) is 6.67 Å². The van der Waals surface area contributed by atoms with E-state index in [0.29, 0.717) is 0 Å². The quantitative estimate of drug-likeness (QED) is 0.520. The molecule has 0 rings (SSSR count). The van der Waals surface area contributed by atoms with Crippen LogP contribution < -0.4 is 0 Å². The van der Waals surface area contributed by atoms with Gasteiger partial charge >= 0.3 is 6.18 Å². The molecule has 0 nitrogen and oxygen atoms in total. The second-order valence-corrected chi connectivity index (χ2v) is 1.68. The van der Waals surface area contributed by atoms with Gasteiger partial charge in [-0.2, -0.15) is 13.2 Å². The molecule has 0 fully saturated rings. The van der Waals surface area contributed by atoms with Gasteiger partial charge in [0, 0.05) is 0 Å². The van der Waals surface area contributed by atoms with Crippen molar-refractivity contribution in [1.29, 1.82) is 0 Å². The molecule has 0 aromatic rings. The van der Waals surface area contributed by atoms with Crippen molar-refractivity contribution in [1.82, 2.24) is 0 Å². The van der Waals surface area contributed by atoms with Crippen LogP contribution in [0.1, 0.15) is 6.42 Å². The number of alkyl halides is 4. The van der Waals surface area contributed by atoms with E-state index < -0.39 is 25.2 Å². The van der Waals surface area contributed by atoms with Gasteiger partial charge in [0.25, 0.3) is 0 Å². The SMILES string of the molecule is [CH2]CC(CF)C(F)(F)F. The van der Waals surface area contributed by atoms with Gasteiger partial charge in [-0.3, -0.25) is 4.39 Å². The summed E-state index contributed by atoms with van der Waals surface area (Å²) in [6.07, 6.45) is -4.85. The van der Waals surface area contributed by atoms with Crippen molar-refractivity contribution >= 4 is 0 Å². The summed E-state index contributed by atoms with van der Waals surface area (Å²) in [6, 6.07) is 0. The Balaban J connectivity index is 3.79. The van der Waals surface area contributed by atoms with E-state index in [9.17, 15) is 17.6 Å². The largest absolute Gasteiger partial charge is 0.394 e. The lowest BCUT2D eigenvalue weighted by Crippen LogP contribution is -2.23. The Labute approximate surface area is 50.9 Å². The second-order valence-electron chi connectivity index (χ2n) is 1.68. The van der Waals surface area contributed by atoms with E-state index in [0.717, 1.165) is 0 Å². The molecular weight excluding hydrogens is 136 g/mol. The van der Waals surface area contributed by atoms with Gasteiger partial charge < -0.3 is 0 Å². The van der Waals surface area contributed by atoms with E-state index >= 15 is 0 Å². The van der Waals surface area contributed by atoms with Crippen molar-refractivity contribution in [3.63, 3.8) is 0 Å².